The first-order valence-electron chi connectivity index (χ1n) is 6.13. The average Bonchev–Trinajstić information content (AvgIpc) is 2.34. The number of ether oxygens (including phenoxy) is 1. The second-order valence-electron chi connectivity index (χ2n) is 4.51. The molecule has 0 bridgehead atoms. The van der Waals surface area contributed by atoms with E-state index < -0.39 is 12.8 Å². The largest absolute Gasteiger partial charge is 0.411 e. The molecule has 0 fully saturated rings. The number of alkyl halides is 3. The maximum Gasteiger partial charge on any atom is 0.411 e. The summed E-state index contributed by atoms with van der Waals surface area (Å²) in [6.07, 6.45) is -4.07. The van der Waals surface area contributed by atoms with E-state index in [0.717, 1.165) is 10.2 Å². The van der Waals surface area contributed by atoms with Crippen molar-refractivity contribution in [3.8, 4) is 0 Å². The van der Waals surface area contributed by atoms with Gasteiger partial charge in [-0.3, -0.25) is 0 Å². The Morgan fingerprint density at radius 3 is 2.45 bits per heavy atom. The molecule has 1 N–H and O–H groups in total. The van der Waals surface area contributed by atoms with Crippen LogP contribution in [0.15, 0.2) is 4.47 Å². The van der Waals surface area contributed by atoms with Crippen molar-refractivity contribution in [2.75, 3.05) is 25.6 Å². The third-order valence-electron chi connectivity index (χ3n) is 2.44. The smallest absolute Gasteiger partial charge is 0.372 e. The van der Waals surface area contributed by atoms with Crippen molar-refractivity contribution < 1.29 is 17.9 Å². The van der Waals surface area contributed by atoms with Crippen molar-refractivity contribution in [3.05, 3.63) is 16.0 Å². The van der Waals surface area contributed by atoms with E-state index in [-0.39, 0.29) is 18.9 Å². The molecule has 0 radical (unpaired) electrons. The van der Waals surface area contributed by atoms with Crippen LogP contribution in [0, 0.1) is 0 Å². The van der Waals surface area contributed by atoms with Crippen LogP contribution in [0.5, 0.6) is 0 Å². The zero-order valence-corrected chi connectivity index (χ0v) is 13.1. The Hall–Kier alpha value is -0.890. The Morgan fingerprint density at radius 2 is 1.95 bits per heavy atom. The number of nitrogens with zero attached hydrogens (tertiary/aromatic N) is 2. The molecule has 20 heavy (non-hydrogen) atoms. The SMILES string of the molecule is CNc1nc(CCOCC(F)(F)F)nc(C(C)C)c1Br. The summed E-state index contributed by atoms with van der Waals surface area (Å²) in [6, 6.07) is 0. The van der Waals surface area contributed by atoms with Crippen molar-refractivity contribution in [2.24, 2.45) is 0 Å². The number of hydrogen-bond acceptors (Lipinski definition) is 4. The van der Waals surface area contributed by atoms with Gasteiger partial charge < -0.3 is 10.1 Å². The van der Waals surface area contributed by atoms with Gasteiger partial charge in [-0.25, -0.2) is 9.97 Å². The second kappa shape index (κ2) is 7.21. The summed E-state index contributed by atoms with van der Waals surface area (Å²) in [4.78, 5) is 8.59. The highest BCUT2D eigenvalue weighted by Gasteiger charge is 2.27. The first-order valence-corrected chi connectivity index (χ1v) is 6.92. The van der Waals surface area contributed by atoms with E-state index in [1.807, 2.05) is 13.8 Å². The molecule has 1 heterocycles. The highest BCUT2D eigenvalue weighted by molar-refractivity contribution is 9.10. The topological polar surface area (TPSA) is 47.0 Å². The third-order valence-corrected chi connectivity index (χ3v) is 3.22. The molecular weight excluding hydrogens is 339 g/mol. The molecule has 0 saturated heterocycles. The second-order valence-corrected chi connectivity index (χ2v) is 5.30. The summed E-state index contributed by atoms with van der Waals surface area (Å²) >= 11 is 3.42. The monoisotopic (exact) mass is 355 g/mol. The van der Waals surface area contributed by atoms with E-state index in [9.17, 15) is 13.2 Å². The Balaban J connectivity index is 2.73. The van der Waals surface area contributed by atoms with Gasteiger partial charge in [0.25, 0.3) is 0 Å². The van der Waals surface area contributed by atoms with Gasteiger partial charge in [0, 0.05) is 13.5 Å². The van der Waals surface area contributed by atoms with E-state index in [0.29, 0.717) is 11.6 Å². The van der Waals surface area contributed by atoms with Crippen LogP contribution in [-0.4, -0.2) is 36.4 Å². The van der Waals surface area contributed by atoms with Crippen molar-refractivity contribution in [2.45, 2.75) is 32.4 Å². The maximum atomic E-state index is 12.0. The van der Waals surface area contributed by atoms with Crippen LogP contribution in [-0.2, 0) is 11.2 Å². The van der Waals surface area contributed by atoms with Crippen molar-refractivity contribution >= 4 is 21.7 Å². The molecule has 114 valence electrons. The Kier molecular flexibility index (Phi) is 6.19. The standard InChI is InChI=1S/C12H17BrF3N3O/c1-7(2)10-9(13)11(17-3)19-8(18-10)4-5-20-6-12(14,15)16/h7H,4-6H2,1-3H3,(H,17,18,19). The highest BCUT2D eigenvalue weighted by Crippen LogP contribution is 2.28. The predicted molar refractivity (Wildman–Crippen MR) is 73.9 cm³/mol. The summed E-state index contributed by atoms with van der Waals surface area (Å²) in [7, 11) is 1.72. The molecule has 0 aromatic carbocycles. The fourth-order valence-electron chi connectivity index (χ4n) is 1.52. The lowest BCUT2D eigenvalue weighted by atomic mass is 10.1. The van der Waals surface area contributed by atoms with Crippen LogP contribution in [0.25, 0.3) is 0 Å². The van der Waals surface area contributed by atoms with Crippen LogP contribution in [0.2, 0.25) is 0 Å². The van der Waals surface area contributed by atoms with E-state index in [2.05, 4.69) is 36.0 Å². The van der Waals surface area contributed by atoms with E-state index >= 15 is 0 Å². The number of anilines is 1. The maximum absolute atomic E-state index is 12.0. The summed E-state index contributed by atoms with van der Waals surface area (Å²) < 4.78 is 41.2. The van der Waals surface area contributed by atoms with E-state index in [1.54, 1.807) is 7.05 Å². The lowest BCUT2D eigenvalue weighted by Crippen LogP contribution is -2.18. The van der Waals surface area contributed by atoms with Crippen LogP contribution in [0.1, 0.15) is 31.3 Å². The molecular formula is C12H17BrF3N3O. The van der Waals surface area contributed by atoms with Crippen LogP contribution < -0.4 is 5.32 Å². The minimum absolute atomic E-state index is 0.0676. The Morgan fingerprint density at radius 1 is 1.30 bits per heavy atom. The molecule has 0 aliphatic carbocycles. The molecule has 0 spiro atoms. The average molecular weight is 356 g/mol. The third kappa shape index (κ3) is 5.24. The number of rotatable bonds is 6. The zero-order chi connectivity index (χ0) is 15.3. The quantitative estimate of drug-likeness (QED) is 0.793. The molecule has 0 unspecified atom stereocenters. The summed E-state index contributed by atoms with van der Waals surface area (Å²) in [5.74, 6) is 1.26. The number of hydrogen-bond donors (Lipinski definition) is 1. The minimum atomic E-state index is -4.31. The van der Waals surface area contributed by atoms with Gasteiger partial charge in [0.05, 0.1) is 16.8 Å². The fourth-order valence-corrected chi connectivity index (χ4v) is 2.36. The van der Waals surface area contributed by atoms with Crippen LogP contribution >= 0.6 is 15.9 Å². The summed E-state index contributed by atoms with van der Waals surface area (Å²) in [6.45, 7) is 2.65. The van der Waals surface area contributed by atoms with Crippen LogP contribution in [0.4, 0.5) is 19.0 Å². The van der Waals surface area contributed by atoms with Gasteiger partial charge in [-0.05, 0) is 21.8 Å². The molecule has 0 aliphatic rings. The van der Waals surface area contributed by atoms with Gasteiger partial charge in [-0.15, -0.1) is 0 Å². The molecule has 8 heteroatoms. The van der Waals surface area contributed by atoms with Gasteiger partial charge in [-0.1, -0.05) is 13.8 Å². The zero-order valence-electron chi connectivity index (χ0n) is 11.5. The number of aromatic nitrogens is 2. The molecule has 0 saturated carbocycles. The van der Waals surface area contributed by atoms with E-state index in [4.69, 9.17) is 0 Å². The normalized spacial score (nSPS) is 12.0. The van der Waals surface area contributed by atoms with Gasteiger partial charge in [0.2, 0.25) is 0 Å². The van der Waals surface area contributed by atoms with Crippen molar-refractivity contribution in [3.63, 3.8) is 0 Å². The highest BCUT2D eigenvalue weighted by atomic mass is 79.9. The summed E-state index contributed by atoms with van der Waals surface area (Å²) in [5.41, 5.74) is 0.815. The molecule has 0 amide bonds. The Bertz CT molecular complexity index is 452. The number of nitrogens with one attached hydrogen (secondary N) is 1. The van der Waals surface area contributed by atoms with Gasteiger partial charge in [0.1, 0.15) is 18.2 Å². The minimum Gasteiger partial charge on any atom is -0.372 e. The van der Waals surface area contributed by atoms with Crippen LogP contribution in [0.3, 0.4) is 0 Å². The molecule has 0 aliphatic heterocycles. The van der Waals surface area contributed by atoms with Gasteiger partial charge >= 0.3 is 6.18 Å². The molecule has 1 aromatic heterocycles. The first-order chi connectivity index (χ1) is 9.24. The number of halogens is 4. The molecule has 1 rings (SSSR count). The first kappa shape index (κ1) is 17.2. The van der Waals surface area contributed by atoms with Gasteiger partial charge in [0.15, 0.2) is 0 Å². The lowest BCUT2D eigenvalue weighted by Gasteiger charge is -2.13. The Labute approximate surface area is 124 Å². The fraction of sp³-hybridized carbons (Fsp3) is 0.667. The summed E-state index contributed by atoms with van der Waals surface area (Å²) in [5, 5.41) is 2.93. The predicted octanol–water partition coefficient (Wildman–Crippen LogP) is 3.53. The molecule has 4 nitrogen and oxygen atoms in total. The van der Waals surface area contributed by atoms with Gasteiger partial charge in [-0.2, -0.15) is 13.2 Å². The van der Waals surface area contributed by atoms with Crippen molar-refractivity contribution in [1.29, 1.82) is 0 Å². The molecule has 1 aromatic rings. The van der Waals surface area contributed by atoms with Crippen molar-refractivity contribution in [1.82, 2.24) is 9.97 Å². The van der Waals surface area contributed by atoms with E-state index in [1.165, 1.54) is 0 Å². The molecule has 0 atom stereocenters. The lowest BCUT2D eigenvalue weighted by molar-refractivity contribution is -0.173.